The van der Waals surface area contributed by atoms with Crippen molar-refractivity contribution in [2.75, 3.05) is 7.11 Å². The van der Waals surface area contributed by atoms with Gasteiger partial charge in [0.1, 0.15) is 0 Å². The van der Waals surface area contributed by atoms with Crippen LogP contribution in [0.5, 0.6) is 0 Å². The van der Waals surface area contributed by atoms with Crippen LogP contribution in [-0.4, -0.2) is 13.1 Å². The van der Waals surface area contributed by atoms with Crippen LogP contribution in [0.25, 0.3) is 0 Å². The number of unbranched alkanes of at least 4 members (excludes halogenated alkanes) is 5. The molecule has 0 unspecified atom stereocenters. The third kappa shape index (κ3) is 5.65. The molecule has 1 aromatic rings. The summed E-state index contributed by atoms with van der Waals surface area (Å²) in [6.45, 7) is 2.23. The van der Waals surface area contributed by atoms with E-state index in [4.69, 9.17) is 11.6 Å². The van der Waals surface area contributed by atoms with E-state index in [-0.39, 0.29) is 5.97 Å². The summed E-state index contributed by atoms with van der Waals surface area (Å²) >= 11 is 6.08. The average Bonchev–Trinajstić information content (AvgIpc) is 2.42. The fourth-order valence-electron chi connectivity index (χ4n) is 2.10. The summed E-state index contributed by atoms with van der Waals surface area (Å²) in [6.07, 6.45) is 8.71. The molecule has 0 spiro atoms. The maximum atomic E-state index is 11.4. The van der Waals surface area contributed by atoms with Gasteiger partial charge in [-0.25, -0.2) is 4.79 Å². The van der Waals surface area contributed by atoms with Crippen LogP contribution in [-0.2, 0) is 11.2 Å². The molecule has 1 rings (SSSR count). The van der Waals surface area contributed by atoms with Crippen LogP contribution in [0.2, 0.25) is 5.02 Å². The number of hydrogen-bond donors (Lipinski definition) is 0. The number of carbonyl (C=O) groups excluding carboxylic acids is 1. The lowest BCUT2D eigenvalue weighted by molar-refractivity contribution is 0.0601. The highest BCUT2D eigenvalue weighted by Crippen LogP contribution is 2.20. The van der Waals surface area contributed by atoms with Gasteiger partial charge in [0, 0.05) is 0 Å². The van der Waals surface area contributed by atoms with Crippen molar-refractivity contribution in [1.82, 2.24) is 0 Å². The number of benzene rings is 1. The van der Waals surface area contributed by atoms with E-state index in [1.807, 2.05) is 12.1 Å². The van der Waals surface area contributed by atoms with E-state index >= 15 is 0 Å². The molecule has 0 atom stereocenters. The number of aryl methyl sites for hydroxylation is 1. The van der Waals surface area contributed by atoms with E-state index in [2.05, 4.69) is 11.7 Å². The smallest absolute Gasteiger partial charge is 0.339 e. The van der Waals surface area contributed by atoms with Gasteiger partial charge in [-0.3, -0.25) is 0 Å². The van der Waals surface area contributed by atoms with Crippen molar-refractivity contribution in [3.63, 3.8) is 0 Å². The monoisotopic (exact) mass is 282 g/mol. The first-order valence-corrected chi connectivity index (χ1v) is 7.43. The number of hydrogen-bond acceptors (Lipinski definition) is 2. The quantitative estimate of drug-likeness (QED) is 0.494. The molecule has 3 heteroatoms. The first kappa shape index (κ1) is 16.0. The minimum Gasteiger partial charge on any atom is -0.465 e. The molecule has 0 saturated carbocycles. The lowest BCUT2D eigenvalue weighted by atomic mass is 10.0. The standard InChI is InChI=1S/C16H23ClO2/c1-3-4-5-6-7-8-9-13-10-11-14(15(17)12-13)16(18)19-2/h10-12H,3-9H2,1-2H3. The van der Waals surface area contributed by atoms with E-state index < -0.39 is 0 Å². The fraction of sp³-hybridized carbons (Fsp3) is 0.562. The molecule has 0 aliphatic heterocycles. The lowest BCUT2D eigenvalue weighted by Gasteiger charge is -2.06. The second kappa shape index (κ2) is 8.98. The number of rotatable bonds is 8. The summed E-state index contributed by atoms with van der Waals surface area (Å²) in [6, 6.07) is 5.59. The molecular weight excluding hydrogens is 260 g/mol. The molecule has 0 aromatic heterocycles. The van der Waals surface area contributed by atoms with Crippen molar-refractivity contribution in [3.8, 4) is 0 Å². The van der Waals surface area contributed by atoms with Crippen LogP contribution in [0, 0.1) is 0 Å². The highest BCUT2D eigenvalue weighted by Gasteiger charge is 2.10. The van der Waals surface area contributed by atoms with Crippen LogP contribution in [0.3, 0.4) is 0 Å². The van der Waals surface area contributed by atoms with E-state index in [9.17, 15) is 4.79 Å². The summed E-state index contributed by atoms with van der Waals surface area (Å²) in [4.78, 5) is 11.4. The van der Waals surface area contributed by atoms with Crippen LogP contribution >= 0.6 is 11.6 Å². The topological polar surface area (TPSA) is 26.3 Å². The van der Waals surface area contributed by atoms with Gasteiger partial charge in [-0.2, -0.15) is 0 Å². The molecule has 0 radical (unpaired) electrons. The molecule has 0 amide bonds. The van der Waals surface area contributed by atoms with Crippen molar-refractivity contribution in [1.29, 1.82) is 0 Å². The average molecular weight is 283 g/mol. The zero-order valence-corrected chi connectivity index (χ0v) is 12.6. The molecule has 19 heavy (non-hydrogen) atoms. The van der Waals surface area contributed by atoms with Gasteiger partial charge in [0.15, 0.2) is 0 Å². The van der Waals surface area contributed by atoms with Crippen molar-refractivity contribution < 1.29 is 9.53 Å². The van der Waals surface area contributed by atoms with Gasteiger partial charge in [-0.1, -0.05) is 56.7 Å². The number of ether oxygens (including phenoxy) is 1. The molecule has 0 aliphatic carbocycles. The van der Waals surface area contributed by atoms with Gasteiger partial charge in [0.25, 0.3) is 0 Å². The summed E-state index contributed by atoms with van der Waals surface area (Å²) < 4.78 is 4.67. The predicted octanol–water partition coefficient (Wildman–Crippen LogP) is 5.03. The third-order valence-corrected chi connectivity index (χ3v) is 3.57. The largest absolute Gasteiger partial charge is 0.465 e. The molecule has 1 aromatic carbocycles. The molecule has 0 N–H and O–H groups in total. The maximum Gasteiger partial charge on any atom is 0.339 e. The van der Waals surface area contributed by atoms with Crippen molar-refractivity contribution in [2.24, 2.45) is 0 Å². The van der Waals surface area contributed by atoms with E-state index in [0.717, 1.165) is 6.42 Å². The van der Waals surface area contributed by atoms with Gasteiger partial charge in [0.05, 0.1) is 17.7 Å². The zero-order valence-electron chi connectivity index (χ0n) is 11.9. The van der Waals surface area contributed by atoms with Crippen LogP contribution < -0.4 is 0 Å². The Labute approximate surface area is 121 Å². The number of esters is 1. The Hall–Kier alpha value is -1.02. The number of halogens is 1. The SMILES string of the molecule is CCCCCCCCc1ccc(C(=O)OC)c(Cl)c1. The van der Waals surface area contributed by atoms with Crippen molar-refractivity contribution in [2.45, 2.75) is 51.9 Å². The number of methoxy groups -OCH3 is 1. The molecule has 106 valence electrons. The Kier molecular flexibility index (Phi) is 7.57. The second-order valence-corrected chi connectivity index (χ2v) is 5.23. The van der Waals surface area contributed by atoms with Gasteiger partial charge in [-0.05, 0) is 30.5 Å². The molecule has 0 heterocycles. The third-order valence-electron chi connectivity index (χ3n) is 3.26. The molecular formula is C16H23ClO2. The Morgan fingerprint density at radius 3 is 2.47 bits per heavy atom. The van der Waals surface area contributed by atoms with E-state index in [0.29, 0.717) is 10.6 Å². The summed E-state index contributed by atoms with van der Waals surface area (Å²) in [5, 5.41) is 0.482. The molecule has 0 aliphatic rings. The van der Waals surface area contributed by atoms with Crippen molar-refractivity contribution in [3.05, 3.63) is 34.3 Å². The summed E-state index contributed by atoms with van der Waals surface area (Å²) in [5.41, 5.74) is 1.63. The Morgan fingerprint density at radius 1 is 1.16 bits per heavy atom. The fourth-order valence-corrected chi connectivity index (χ4v) is 2.38. The first-order chi connectivity index (χ1) is 9.19. The minimum atomic E-state index is -0.379. The molecule has 0 bridgehead atoms. The highest BCUT2D eigenvalue weighted by atomic mass is 35.5. The Balaban J connectivity index is 2.39. The highest BCUT2D eigenvalue weighted by molar-refractivity contribution is 6.33. The molecule has 0 fully saturated rings. The Morgan fingerprint density at radius 2 is 1.84 bits per heavy atom. The summed E-state index contributed by atoms with van der Waals surface area (Å²) in [7, 11) is 1.36. The van der Waals surface area contributed by atoms with Gasteiger partial charge >= 0.3 is 5.97 Å². The Bertz CT molecular complexity index is 402. The van der Waals surface area contributed by atoms with Crippen LogP contribution in [0.15, 0.2) is 18.2 Å². The van der Waals surface area contributed by atoms with E-state index in [1.54, 1.807) is 6.07 Å². The van der Waals surface area contributed by atoms with Crippen LogP contribution in [0.4, 0.5) is 0 Å². The normalized spacial score (nSPS) is 10.5. The summed E-state index contributed by atoms with van der Waals surface area (Å²) in [5.74, 6) is -0.379. The predicted molar refractivity (Wildman–Crippen MR) is 79.9 cm³/mol. The van der Waals surface area contributed by atoms with Gasteiger partial charge in [-0.15, -0.1) is 0 Å². The molecule has 0 saturated heterocycles. The minimum absolute atomic E-state index is 0.379. The first-order valence-electron chi connectivity index (χ1n) is 7.05. The van der Waals surface area contributed by atoms with Gasteiger partial charge < -0.3 is 4.74 Å². The van der Waals surface area contributed by atoms with E-state index in [1.165, 1.54) is 51.2 Å². The van der Waals surface area contributed by atoms with Crippen molar-refractivity contribution >= 4 is 17.6 Å². The molecule has 2 nitrogen and oxygen atoms in total. The maximum absolute atomic E-state index is 11.4. The lowest BCUT2D eigenvalue weighted by Crippen LogP contribution is -2.02. The number of carbonyl (C=O) groups is 1. The van der Waals surface area contributed by atoms with Gasteiger partial charge in [0.2, 0.25) is 0 Å². The zero-order chi connectivity index (χ0) is 14.1. The second-order valence-electron chi connectivity index (χ2n) is 4.82. The van der Waals surface area contributed by atoms with Crippen LogP contribution in [0.1, 0.15) is 61.4 Å².